The van der Waals surface area contributed by atoms with Crippen LogP contribution in [-0.2, 0) is 41.6 Å². The number of nitrogens with one attached hydrogen (secondary N) is 4. The summed E-state index contributed by atoms with van der Waals surface area (Å²) in [5, 5.41) is 11.3. The lowest BCUT2D eigenvalue weighted by Gasteiger charge is -2.30. The van der Waals surface area contributed by atoms with E-state index in [4.69, 9.17) is 22.2 Å². The van der Waals surface area contributed by atoms with Gasteiger partial charge in [-0.15, -0.1) is 23.1 Å². The number of thioether (sulfide) groups is 1. The molecule has 6 atom stereocenters. The van der Waals surface area contributed by atoms with E-state index < -0.39 is 53.8 Å². The molecule has 1 saturated heterocycles. The molecule has 344 valence electrons. The summed E-state index contributed by atoms with van der Waals surface area (Å²) in [5.74, 6) is -3.28. The van der Waals surface area contributed by atoms with Gasteiger partial charge in [-0.2, -0.15) is 0 Å². The van der Waals surface area contributed by atoms with Crippen molar-refractivity contribution in [1.82, 2.24) is 25.8 Å². The van der Waals surface area contributed by atoms with Gasteiger partial charge in [-0.05, 0) is 79.2 Å². The second kappa shape index (κ2) is 20.6. The number of nitrogens with two attached hydrogens (primary N) is 3. The molecular weight excluding hydrogens is 865 g/mol. The molecular formula is C47H58N10O6S2. The summed E-state index contributed by atoms with van der Waals surface area (Å²) < 4.78 is 0.930. The SMILES string of the molecule is NC(=O)[C@@H]1Cc2cccc3sc(cc23)C2=N[C@@H](CS2)C(=O)N2CCC[C@H]2C(=O)N[C@H](CC2CCCCC2)C(=O)C[C@@H](Cc2c[nH]c3ccccc23)C(=O)N[C@@H](CCCN=C(N)N)C(=O)N1. The van der Waals surface area contributed by atoms with Gasteiger partial charge in [0.2, 0.25) is 29.5 Å². The van der Waals surface area contributed by atoms with Crippen molar-refractivity contribution in [3.8, 4) is 0 Å². The Morgan fingerprint density at radius 1 is 0.846 bits per heavy atom. The predicted octanol–water partition coefficient (Wildman–Crippen LogP) is 3.57. The molecule has 18 heteroatoms. The second-order valence-electron chi connectivity index (χ2n) is 17.8. The van der Waals surface area contributed by atoms with Gasteiger partial charge in [-0.25, -0.2) is 0 Å². The summed E-state index contributed by atoms with van der Waals surface area (Å²) in [6, 6.07) is 10.7. The topological polar surface area (TPSA) is 260 Å². The molecule has 5 amide bonds. The summed E-state index contributed by atoms with van der Waals surface area (Å²) >= 11 is 3.00. The Labute approximate surface area is 385 Å². The lowest BCUT2D eigenvalue weighted by Crippen LogP contribution is -2.55. The Morgan fingerprint density at radius 3 is 2.45 bits per heavy atom. The number of hydrogen-bond acceptors (Lipinski definition) is 10. The van der Waals surface area contributed by atoms with Crippen LogP contribution in [0.2, 0.25) is 0 Å². The third-order valence-electron chi connectivity index (χ3n) is 13.3. The molecule has 1 aliphatic carbocycles. The van der Waals surface area contributed by atoms with Gasteiger partial charge in [0.1, 0.15) is 29.2 Å². The number of hydrogen-bond donors (Lipinski definition) is 7. The van der Waals surface area contributed by atoms with Crippen molar-refractivity contribution < 1.29 is 28.8 Å². The van der Waals surface area contributed by atoms with Crippen LogP contribution in [0.15, 0.2) is 64.7 Å². The van der Waals surface area contributed by atoms with E-state index in [0.717, 1.165) is 69.1 Å². The fraction of sp³-hybridized carbons (Fsp3) is 0.489. The highest BCUT2D eigenvalue weighted by Crippen LogP contribution is 2.36. The van der Waals surface area contributed by atoms with Gasteiger partial charge in [0.05, 0.1) is 10.9 Å². The van der Waals surface area contributed by atoms with Gasteiger partial charge in [-0.1, -0.05) is 62.4 Å². The van der Waals surface area contributed by atoms with Crippen molar-refractivity contribution in [2.75, 3.05) is 18.8 Å². The van der Waals surface area contributed by atoms with Crippen molar-refractivity contribution in [3.63, 3.8) is 0 Å². The van der Waals surface area contributed by atoms with Crippen molar-refractivity contribution in [3.05, 3.63) is 70.7 Å². The Morgan fingerprint density at radius 2 is 1.65 bits per heavy atom. The average Bonchev–Trinajstić information content (AvgIpc) is 4.13. The van der Waals surface area contributed by atoms with Gasteiger partial charge >= 0.3 is 0 Å². The number of aliphatic imine (C=N–C) groups is 2. The van der Waals surface area contributed by atoms with Crippen LogP contribution in [0.1, 0.15) is 86.6 Å². The quantitative estimate of drug-likeness (QED) is 0.0735. The number of para-hydroxylation sites is 1. The first-order valence-corrected chi connectivity index (χ1v) is 24.6. The molecule has 0 unspecified atom stereocenters. The lowest BCUT2D eigenvalue weighted by atomic mass is 9.82. The molecule has 4 bridgehead atoms. The average molecular weight is 923 g/mol. The Bertz CT molecular complexity index is 2510. The van der Waals surface area contributed by atoms with Crippen molar-refractivity contribution in [2.24, 2.45) is 39.0 Å². The van der Waals surface area contributed by atoms with Crippen LogP contribution in [0.4, 0.5) is 0 Å². The Balaban J connectivity index is 1.17. The predicted molar refractivity (Wildman–Crippen MR) is 254 cm³/mol. The largest absolute Gasteiger partial charge is 0.370 e. The molecule has 0 spiro atoms. The molecule has 0 radical (unpaired) electrons. The van der Waals surface area contributed by atoms with Crippen LogP contribution in [0.3, 0.4) is 0 Å². The number of rotatable bonds is 9. The molecule has 16 nitrogen and oxygen atoms in total. The fourth-order valence-electron chi connectivity index (χ4n) is 9.81. The molecule has 65 heavy (non-hydrogen) atoms. The number of amides is 5. The maximum atomic E-state index is 14.8. The summed E-state index contributed by atoms with van der Waals surface area (Å²) in [7, 11) is 0. The van der Waals surface area contributed by atoms with E-state index >= 15 is 0 Å². The van der Waals surface area contributed by atoms with Crippen LogP contribution in [0, 0.1) is 11.8 Å². The summed E-state index contributed by atoms with van der Waals surface area (Å²) in [6.07, 6.45) is 8.77. The number of aromatic nitrogens is 1. The van der Waals surface area contributed by atoms with Crippen molar-refractivity contribution >= 4 is 90.4 Å². The summed E-state index contributed by atoms with van der Waals surface area (Å²) in [4.78, 5) is 100. The van der Waals surface area contributed by atoms with E-state index in [1.54, 1.807) is 4.90 Å². The molecule has 2 aromatic heterocycles. The minimum Gasteiger partial charge on any atom is -0.370 e. The molecule has 2 aromatic carbocycles. The van der Waals surface area contributed by atoms with E-state index in [1.807, 2.05) is 54.7 Å². The second-order valence-corrected chi connectivity index (χ2v) is 19.9. The summed E-state index contributed by atoms with van der Waals surface area (Å²) in [6.45, 7) is 0.585. The van der Waals surface area contributed by atoms with Crippen LogP contribution in [-0.4, -0.2) is 105 Å². The maximum absolute atomic E-state index is 14.8. The van der Waals surface area contributed by atoms with Crippen LogP contribution < -0.4 is 33.2 Å². The minimum atomic E-state index is -1.15. The molecule has 1 saturated carbocycles. The van der Waals surface area contributed by atoms with Crippen molar-refractivity contribution in [2.45, 2.75) is 114 Å². The van der Waals surface area contributed by atoms with Crippen LogP contribution in [0.25, 0.3) is 21.0 Å². The van der Waals surface area contributed by atoms with E-state index in [-0.39, 0.29) is 61.7 Å². The third-order valence-corrected chi connectivity index (χ3v) is 15.6. The number of thiophene rings is 1. The van der Waals surface area contributed by atoms with Crippen LogP contribution in [0.5, 0.6) is 0 Å². The number of carbonyl (C=O) groups is 6. The number of aromatic amines is 1. The minimum absolute atomic E-state index is 0.0709. The molecule has 3 aliphatic heterocycles. The Hall–Kier alpha value is -5.75. The maximum Gasteiger partial charge on any atom is 0.248 e. The molecule has 5 heterocycles. The zero-order valence-electron chi connectivity index (χ0n) is 36.4. The Kier molecular flexibility index (Phi) is 14.5. The number of primary amides is 1. The van der Waals surface area contributed by atoms with E-state index in [0.29, 0.717) is 43.0 Å². The number of H-pyrrole nitrogens is 1. The normalized spacial score (nSPS) is 25.3. The summed E-state index contributed by atoms with van der Waals surface area (Å²) in [5.41, 5.74) is 19.6. The highest BCUT2D eigenvalue weighted by Gasteiger charge is 2.41. The molecule has 8 rings (SSSR count). The highest BCUT2D eigenvalue weighted by molar-refractivity contribution is 8.15. The van der Waals surface area contributed by atoms with Gasteiger partial charge in [0.25, 0.3) is 0 Å². The number of nitrogens with zero attached hydrogens (tertiary/aromatic N) is 3. The first-order chi connectivity index (χ1) is 31.4. The zero-order chi connectivity index (χ0) is 45.6. The first-order valence-electron chi connectivity index (χ1n) is 22.8. The number of Topliss-reactive ketones (excluding diaryl/α,β-unsaturated/α-hetero) is 1. The number of guanidine groups is 1. The molecule has 10 N–H and O–H groups in total. The monoisotopic (exact) mass is 922 g/mol. The van der Waals surface area contributed by atoms with Gasteiger partial charge in [0.15, 0.2) is 11.7 Å². The van der Waals surface area contributed by atoms with Crippen molar-refractivity contribution in [1.29, 1.82) is 0 Å². The lowest BCUT2D eigenvalue weighted by molar-refractivity contribution is -0.140. The van der Waals surface area contributed by atoms with E-state index in [9.17, 15) is 28.8 Å². The van der Waals surface area contributed by atoms with E-state index in [1.165, 1.54) is 23.1 Å². The zero-order valence-corrected chi connectivity index (χ0v) is 38.0. The highest BCUT2D eigenvalue weighted by atomic mass is 32.2. The number of carbonyl (C=O) groups excluding carboxylic acids is 6. The molecule has 2 fully saturated rings. The van der Waals surface area contributed by atoms with E-state index in [2.05, 4.69) is 25.9 Å². The fourth-order valence-corrected chi connectivity index (χ4v) is 12.1. The first kappa shape index (κ1) is 45.8. The number of fused-ring (bicyclic) bond motifs is 5. The van der Waals surface area contributed by atoms with Gasteiger partial charge in [0, 0.05) is 59.4 Å². The third kappa shape index (κ3) is 10.9. The molecule has 4 aliphatic rings. The van der Waals surface area contributed by atoms with Crippen LogP contribution >= 0.6 is 23.1 Å². The van der Waals surface area contributed by atoms with Gasteiger partial charge in [-0.3, -0.25) is 38.8 Å². The number of benzene rings is 2. The smallest absolute Gasteiger partial charge is 0.248 e. The standard InChI is InChI=1S/C47H58N10O6S2/c48-41(59)35-21-27-11-6-16-39-31(27)23-40(65-39)45-56-36(25-64-45)46(63)57-18-8-15-37(57)44(62)54-34(19-26-9-2-1-3-10-26)38(58)22-28(20-29-24-52-32-13-5-4-12-30(29)32)42(60)53-33(43(61)55-35)14-7-17-51-47(49)50/h4-6,11-13,16,23-24,26,28,33-37,52H,1-3,7-10,14-15,17-22,25H2,(H2,48,59)(H,53,60)(H,54,62)(H,55,61)(H4,49,50,51)/t28-,33+,34-,35+,36+,37+/m1/s1. The molecule has 4 aromatic rings. The number of ketones is 1. The van der Waals surface area contributed by atoms with Gasteiger partial charge < -0.3 is 43.0 Å².